The van der Waals surface area contributed by atoms with E-state index in [2.05, 4.69) is 26.5 Å². The number of benzene rings is 2. The van der Waals surface area contributed by atoms with Crippen molar-refractivity contribution in [1.29, 1.82) is 0 Å². The molecule has 28 heavy (non-hydrogen) atoms. The van der Waals surface area contributed by atoms with Crippen LogP contribution < -0.4 is 5.43 Å². The van der Waals surface area contributed by atoms with Crippen LogP contribution in [0.3, 0.4) is 0 Å². The predicted molar refractivity (Wildman–Crippen MR) is 109 cm³/mol. The number of amides is 1. The number of carbonyl (C=O) groups excluding carboxylic acids is 1. The minimum atomic E-state index is -3.55. The maximum Gasteiger partial charge on any atom is 0.243 e. The summed E-state index contributed by atoms with van der Waals surface area (Å²) in [5.74, 6) is -0.352. The van der Waals surface area contributed by atoms with Gasteiger partial charge in [-0.1, -0.05) is 15.9 Å². The number of carbonyl (C=O) groups is 1. The summed E-state index contributed by atoms with van der Waals surface area (Å²) < 4.78 is 27.6. The molecule has 3 rings (SSSR count). The molecule has 148 valence electrons. The van der Waals surface area contributed by atoms with Gasteiger partial charge in [-0.3, -0.25) is 4.79 Å². The number of piperidine rings is 1. The molecule has 1 aliphatic rings. The van der Waals surface area contributed by atoms with Crippen LogP contribution in [0.25, 0.3) is 0 Å². The van der Waals surface area contributed by atoms with Gasteiger partial charge >= 0.3 is 0 Å². The van der Waals surface area contributed by atoms with Crippen LogP contribution in [0.2, 0.25) is 0 Å². The lowest BCUT2D eigenvalue weighted by molar-refractivity contribution is -0.126. The van der Waals surface area contributed by atoms with Crippen molar-refractivity contribution < 1.29 is 18.3 Å². The maximum atomic E-state index is 12.7. The van der Waals surface area contributed by atoms with E-state index in [9.17, 15) is 18.3 Å². The second kappa shape index (κ2) is 8.85. The predicted octanol–water partition coefficient (Wildman–Crippen LogP) is 2.71. The summed E-state index contributed by atoms with van der Waals surface area (Å²) in [5, 5.41) is 13.2. The fourth-order valence-electron chi connectivity index (χ4n) is 2.94. The molecule has 0 aromatic heterocycles. The van der Waals surface area contributed by atoms with E-state index in [1.807, 2.05) is 0 Å². The normalized spacial score (nSPS) is 16.3. The average Bonchev–Trinajstić information content (AvgIpc) is 2.70. The number of hydrogen-bond donors (Lipinski definition) is 2. The third-order valence-electron chi connectivity index (χ3n) is 4.56. The molecular weight excluding hydrogens is 446 g/mol. The van der Waals surface area contributed by atoms with E-state index >= 15 is 0 Å². The van der Waals surface area contributed by atoms with Gasteiger partial charge in [-0.15, -0.1) is 0 Å². The van der Waals surface area contributed by atoms with Gasteiger partial charge in [-0.05, 0) is 66.9 Å². The first-order chi connectivity index (χ1) is 13.4. The number of nitrogens with zero attached hydrogens (tertiary/aromatic N) is 2. The highest BCUT2D eigenvalue weighted by Crippen LogP contribution is 2.25. The third kappa shape index (κ3) is 4.98. The van der Waals surface area contributed by atoms with E-state index < -0.39 is 10.0 Å². The van der Waals surface area contributed by atoms with Crippen molar-refractivity contribution in [1.82, 2.24) is 9.73 Å². The highest BCUT2D eigenvalue weighted by molar-refractivity contribution is 9.10. The molecule has 9 heteroatoms. The molecule has 1 saturated heterocycles. The number of halogens is 1. The summed E-state index contributed by atoms with van der Waals surface area (Å²) >= 11 is 3.30. The van der Waals surface area contributed by atoms with E-state index in [0.717, 1.165) is 10.0 Å². The van der Waals surface area contributed by atoms with Crippen molar-refractivity contribution in [3.05, 3.63) is 58.6 Å². The number of rotatable bonds is 5. The van der Waals surface area contributed by atoms with E-state index in [1.165, 1.54) is 22.7 Å². The van der Waals surface area contributed by atoms with Crippen molar-refractivity contribution in [3.8, 4) is 5.75 Å². The minimum Gasteiger partial charge on any atom is -0.508 e. The molecule has 0 spiro atoms. The van der Waals surface area contributed by atoms with Crippen LogP contribution in [0.5, 0.6) is 5.75 Å². The molecule has 0 aliphatic carbocycles. The third-order valence-corrected chi connectivity index (χ3v) is 7.00. The maximum absolute atomic E-state index is 12.7. The number of nitrogens with one attached hydrogen (secondary N) is 1. The smallest absolute Gasteiger partial charge is 0.243 e. The molecule has 2 aromatic rings. The lowest BCUT2D eigenvalue weighted by atomic mass is 9.98. The molecule has 1 aliphatic heterocycles. The van der Waals surface area contributed by atoms with Crippen LogP contribution in [0.4, 0.5) is 0 Å². The molecule has 0 radical (unpaired) electrons. The van der Waals surface area contributed by atoms with Gasteiger partial charge < -0.3 is 5.11 Å². The largest absolute Gasteiger partial charge is 0.508 e. The average molecular weight is 466 g/mol. The monoisotopic (exact) mass is 465 g/mol. The first-order valence-electron chi connectivity index (χ1n) is 8.74. The Kier molecular flexibility index (Phi) is 6.48. The number of hydrogen-bond acceptors (Lipinski definition) is 5. The van der Waals surface area contributed by atoms with E-state index in [0.29, 0.717) is 12.8 Å². The quantitative estimate of drug-likeness (QED) is 0.523. The van der Waals surface area contributed by atoms with Crippen LogP contribution in [0, 0.1) is 5.92 Å². The van der Waals surface area contributed by atoms with Gasteiger partial charge in [0.15, 0.2) is 0 Å². The molecule has 2 aromatic carbocycles. The summed E-state index contributed by atoms with van der Waals surface area (Å²) in [6.07, 6.45) is 2.37. The second-order valence-electron chi connectivity index (χ2n) is 6.46. The lowest BCUT2D eigenvalue weighted by Gasteiger charge is -2.30. The topological polar surface area (TPSA) is 99.1 Å². The number of sulfonamides is 1. The lowest BCUT2D eigenvalue weighted by Crippen LogP contribution is -2.42. The highest BCUT2D eigenvalue weighted by atomic mass is 79.9. The van der Waals surface area contributed by atoms with E-state index in [4.69, 9.17) is 0 Å². The van der Waals surface area contributed by atoms with Crippen LogP contribution in [-0.4, -0.2) is 43.0 Å². The Morgan fingerprint density at radius 3 is 2.32 bits per heavy atom. The zero-order chi connectivity index (χ0) is 20.1. The van der Waals surface area contributed by atoms with Crippen molar-refractivity contribution in [2.45, 2.75) is 17.7 Å². The van der Waals surface area contributed by atoms with Crippen molar-refractivity contribution >= 4 is 38.1 Å². The second-order valence-corrected chi connectivity index (χ2v) is 9.31. The molecule has 1 heterocycles. The zero-order valence-corrected chi connectivity index (χ0v) is 17.4. The van der Waals surface area contributed by atoms with Gasteiger partial charge in [0, 0.05) is 23.5 Å². The molecule has 1 amide bonds. The van der Waals surface area contributed by atoms with Crippen LogP contribution >= 0.6 is 15.9 Å². The molecule has 0 unspecified atom stereocenters. The summed E-state index contributed by atoms with van der Waals surface area (Å²) in [4.78, 5) is 12.5. The van der Waals surface area contributed by atoms with Crippen LogP contribution in [0.15, 0.2) is 63.0 Å². The van der Waals surface area contributed by atoms with Gasteiger partial charge in [0.25, 0.3) is 0 Å². The number of hydrazone groups is 1. The van der Waals surface area contributed by atoms with Crippen LogP contribution in [0.1, 0.15) is 18.4 Å². The van der Waals surface area contributed by atoms with Gasteiger partial charge in [-0.2, -0.15) is 9.41 Å². The molecule has 0 atom stereocenters. The zero-order valence-electron chi connectivity index (χ0n) is 15.0. The molecule has 7 nitrogen and oxygen atoms in total. The van der Waals surface area contributed by atoms with Crippen molar-refractivity contribution in [3.63, 3.8) is 0 Å². The van der Waals surface area contributed by atoms with Gasteiger partial charge in [0.05, 0.1) is 11.1 Å². The first kappa shape index (κ1) is 20.5. The summed E-state index contributed by atoms with van der Waals surface area (Å²) in [6, 6.07) is 12.9. The van der Waals surface area contributed by atoms with Gasteiger partial charge in [0.2, 0.25) is 15.9 Å². The SMILES string of the molecule is O=C(NN=Cc1ccc(O)cc1)C1CCN(S(=O)(=O)c2ccc(Br)cc2)CC1. The Bertz CT molecular complexity index is 952. The first-order valence-corrected chi connectivity index (χ1v) is 11.0. The highest BCUT2D eigenvalue weighted by Gasteiger charge is 2.32. The van der Waals surface area contributed by atoms with E-state index in [1.54, 1.807) is 36.4 Å². The molecule has 2 N–H and O–H groups in total. The molecule has 1 fully saturated rings. The summed E-state index contributed by atoms with van der Waals surface area (Å²) in [7, 11) is -3.55. The number of aromatic hydroxyl groups is 1. The molecule has 0 saturated carbocycles. The molecular formula is C19H20BrN3O4S. The van der Waals surface area contributed by atoms with Crippen molar-refractivity contribution in [2.24, 2.45) is 11.0 Å². The Labute approximate surface area is 172 Å². The summed E-state index contributed by atoms with van der Waals surface area (Å²) in [5.41, 5.74) is 3.25. The van der Waals surface area contributed by atoms with Gasteiger partial charge in [-0.25, -0.2) is 13.8 Å². The Hall–Kier alpha value is -2.23. The van der Waals surface area contributed by atoms with E-state index in [-0.39, 0.29) is 35.6 Å². The fraction of sp³-hybridized carbons (Fsp3) is 0.263. The molecule has 0 bridgehead atoms. The minimum absolute atomic E-state index is 0.158. The Morgan fingerprint density at radius 2 is 1.71 bits per heavy atom. The van der Waals surface area contributed by atoms with Crippen LogP contribution in [-0.2, 0) is 14.8 Å². The standard InChI is InChI=1S/C19H20BrN3O4S/c20-16-3-7-18(8-4-16)28(26,27)23-11-9-15(10-12-23)19(25)22-21-13-14-1-5-17(24)6-2-14/h1-8,13,15,24H,9-12H2,(H,22,25). The number of phenolic OH excluding ortho intramolecular Hbond substituents is 1. The summed E-state index contributed by atoms with van der Waals surface area (Å²) in [6.45, 7) is 0.580. The fourth-order valence-corrected chi connectivity index (χ4v) is 4.67. The Balaban J connectivity index is 1.53. The Morgan fingerprint density at radius 1 is 1.11 bits per heavy atom. The van der Waals surface area contributed by atoms with Crippen molar-refractivity contribution in [2.75, 3.05) is 13.1 Å². The number of phenols is 1. The van der Waals surface area contributed by atoms with Gasteiger partial charge in [0.1, 0.15) is 5.75 Å².